The van der Waals surface area contributed by atoms with Gasteiger partial charge in [-0.3, -0.25) is 0 Å². The van der Waals surface area contributed by atoms with E-state index in [-0.39, 0.29) is 44.6 Å². The molecule has 114 valence electrons. The lowest BCUT2D eigenvalue weighted by Crippen LogP contribution is -2.43. The van der Waals surface area contributed by atoms with E-state index in [1.165, 1.54) is 6.08 Å². The maximum Gasteiger partial charge on any atom is 0.408 e. The molecule has 0 bridgehead atoms. The van der Waals surface area contributed by atoms with Crippen molar-refractivity contribution < 1.29 is 28.2 Å². The molecule has 0 saturated heterocycles. The number of aliphatic carboxylic acids is 1. The molecule has 0 spiro atoms. The Kier molecular flexibility index (Phi) is 5.91. The minimum absolute atomic E-state index is 0.0200. The number of halogens is 2. The molecular weight excluding hydrogens is 272 g/mol. The fourth-order valence-electron chi connectivity index (χ4n) is 2.21. The standard InChI is InChI=1S/C13H19F2NO4/c1-2-7-20-12(19)16-10(11(17)18)8-9-3-5-13(14,15)6-4-9/h2,9-10H,1,3-8H2,(H,16,19)(H,17,18). The summed E-state index contributed by atoms with van der Waals surface area (Å²) in [5.41, 5.74) is 0. The number of carbonyl (C=O) groups excluding carboxylic acids is 1. The van der Waals surface area contributed by atoms with Crippen molar-refractivity contribution in [2.24, 2.45) is 5.92 Å². The Bertz CT molecular complexity index is 363. The number of alkyl carbamates (subject to hydrolysis) is 1. The van der Waals surface area contributed by atoms with Crippen molar-refractivity contribution >= 4 is 12.1 Å². The summed E-state index contributed by atoms with van der Waals surface area (Å²) < 4.78 is 30.7. The molecule has 0 aromatic carbocycles. The summed E-state index contributed by atoms with van der Waals surface area (Å²) in [6.45, 7) is 3.34. The monoisotopic (exact) mass is 291 g/mol. The first kappa shape index (κ1) is 16.4. The Morgan fingerprint density at radius 2 is 2.05 bits per heavy atom. The molecule has 1 atom stereocenters. The van der Waals surface area contributed by atoms with Crippen molar-refractivity contribution in [2.75, 3.05) is 6.61 Å². The van der Waals surface area contributed by atoms with Crippen LogP contribution in [0.5, 0.6) is 0 Å². The number of alkyl halides is 2. The molecule has 1 aliphatic carbocycles. The molecule has 20 heavy (non-hydrogen) atoms. The van der Waals surface area contributed by atoms with Crippen LogP contribution in [0.2, 0.25) is 0 Å². The van der Waals surface area contributed by atoms with E-state index in [2.05, 4.69) is 16.6 Å². The van der Waals surface area contributed by atoms with E-state index < -0.39 is 24.0 Å². The number of carboxylic acids is 1. The fourth-order valence-corrected chi connectivity index (χ4v) is 2.21. The van der Waals surface area contributed by atoms with Crippen LogP contribution in [0.1, 0.15) is 32.1 Å². The average Bonchev–Trinajstić information content (AvgIpc) is 2.37. The Morgan fingerprint density at radius 1 is 1.45 bits per heavy atom. The maximum atomic E-state index is 13.0. The lowest BCUT2D eigenvalue weighted by molar-refractivity contribution is -0.140. The first-order chi connectivity index (χ1) is 9.34. The van der Waals surface area contributed by atoms with Crippen molar-refractivity contribution in [2.45, 2.75) is 44.1 Å². The van der Waals surface area contributed by atoms with Crippen LogP contribution in [0, 0.1) is 5.92 Å². The van der Waals surface area contributed by atoms with Gasteiger partial charge in [-0.1, -0.05) is 12.7 Å². The van der Waals surface area contributed by atoms with Crippen molar-refractivity contribution in [3.05, 3.63) is 12.7 Å². The number of rotatable bonds is 6. The number of hydrogen-bond acceptors (Lipinski definition) is 3. The van der Waals surface area contributed by atoms with E-state index in [4.69, 9.17) is 5.11 Å². The van der Waals surface area contributed by atoms with Crippen LogP contribution in [0.25, 0.3) is 0 Å². The number of carboxylic acid groups (broad SMARTS) is 1. The van der Waals surface area contributed by atoms with Gasteiger partial charge in [0.1, 0.15) is 12.6 Å². The first-order valence-corrected chi connectivity index (χ1v) is 6.49. The molecule has 1 saturated carbocycles. The first-order valence-electron chi connectivity index (χ1n) is 6.49. The molecule has 1 amide bonds. The highest BCUT2D eigenvalue weighted by Gasteiger charge is 2.36. The van der Waals surface area contributed by atoms with Crippen LogP contribution in [0.4, 0.5) is 13.6 Å². The number of amides is 1. The number of carbonyl (C=O) groups is 2. The summed E-state index contributed by atoms with van der Waals surface area (Å²) in [6, 6.07) is -1.12. The second-order valence-corrected chi connectivity index (χ2v) is 4.96. The van der Waals surface area contributed by atoms with E-state index in [0.29, 0.717) is 0 Å². The van der Waals surface area contributed by atoms with E-state index in [0.717, 1.165) is 0 Å². The van der Waals surface area contributed by atoms with Gasteiger partial charge in [-0.25, -0.2) is 18.4 Å². The van der Waals surface area contributed by atoms with Crippen molar-refractivity contribution in [3.63, 3.8) is 0 Å². The zero-order chi connectivity index (χ0) is 15.2. The van der Waals surface area contributed by atoms with Gasteiger partial charge in [-0.15, -0.1) is 0 Å². The maximum absolute atomic E-state index is 13.0. The number of ether oxygens (including phenoxy) is 1. The highest BCUT2D eigenvalue weighted by atomic mass is 19.3. The fraction of sp³-hybridized carbons (Fsp3) is 0.692. The quantitative estimate of drug-likeness (QED) is 0.737. The Hall–Kier alpha value is -1.66. The van der Waals surface area contributed by atoms with Gasteiger partial charge in [-0.05, 0) is 25.2 Å². The number of nitrogens with one attached hydrogen (secondary N) is 1. The normalized spacial score (nSPS) is 19.9. The Labute approximate surface area is 116 Å². The molecule has 5 nitrogen and oxygen atoms in total. The van der Waals surface area contributed by atoms with Crippen LogP contribution in [-0.4, -0.2) is 35.7 Å². The summed E-state index contributed by atoms with van der Waals surface area (Å²) in [5.74, 6) is -3.97. The van der Waals surface area contributed by atoms with Gasteiger partial charge in [0.25, 0.3) is 0 Å². The highest BCUT2D eigenvalue weighted by Crippen LogP contribution is 2.37. The predicted octanol–water partition coefficient (Wildman–Crippen LogP) is 2.57. The van der Waals surface area contributed by atoms with Crippen molar-refractivity contribution in [3.8, 4) is 0 Å². The number of hydrogen-bond donors (Lipinski definition) is 2. The smallest absolute Gasteiger partial charge is 0.408 e. The molecule has 0 radical (unpaired) electrons. The second-order valence-electron chi connectivity index (χ2n) is 4.96. The largest absolute Gasteiger partial charge is 0.480 e. The van der Waals surface area contributed by atoms with Crippen LogP contribution >= 0.6 is 0 Å². The van der Waals surface area contributed by atoms with Gasteiger partial charge in [0.2, 0.25) is 5.92 Å². The van der Waals surface area contributed by atoms with Crippen LogP contribution in [0.3, 0.4) is 0 Å². The Balaban J connectivity index is 2.45. The Morgan fingerprint density at radius 3 is 2.55 bits per heavy atom. The topological polar surface area (TPSA) is 75.6 Å². The predicted molar refractivity (Wildman–Crippen MR) is 67.6 cm³/mol. The summed E-state index contributed by atoms with van der Waals surface area (Å²) in [4.78, 5) is 22.4. The zero-order valence-corrected chi connectivity index (χ0v) is 11.1. The summed E-state index contributed by atoms with van der Waals surface area (Å²) in [6.07, 6.45) is 0.710. The van der Waals surface area contributed by atoms with E-state index in [1.54, 1.807) is 0 Å². The van der Waals surface area contributed by atoms with E-state index in [1.807, 2.05) is 0 Å². The third kappa shape index (κ3) is 5.54. The van der Waals surface area contributed by atoms with Crippen LogP contribution in [-0.2, 0) is 9.53 Å². The van der Waals surface area contributed by atoms with Gasteiger partial charge in [0, 0.05) is 12.8 Å². The van der Waals surface area contributed by atoms with Crippen molar-refractivity contribution in [1.29, 1.82) is 0 Å². The van der Waals surface area contributed by atoms with Crippen molar-refractivity contribution in [1.82, 2.24) is 5.32 Å². The summed E-state index contributed by atoms with van der Waals surface area (Å²) in [7, 11) is 0. The minimum atomic E-state index is -2.65. The molecule has 0 aromatic heterocycles. The van der Waals surface area contributed by atoms with E-state index >= 15 is 0 Å². The van der Waals surface area contributed by atoms with Gasteiger partial charge in [0.15, 0.2) is 0 Å². The summed E-state index contributed by atoms with van der Waals surface area (Å²) >= 11 is 0. The van der Waals surface area contributed by atoms with Gasteiger partial charge in [0.05, 0.1) is 0 Å². The molecule has 7 heteroatoms. The summed E-state index contributed by atoms with van der Waals surface area (Å²) in [5, 5.41) is 11.3. The minimum Gasteiger partial charge on any atom is -0.480 e. The second kappa shape index (κ2) is 7.21. The molecule has 2 N–H and O–H groups in total. The molecule has 0 heterocycles. The lowest BCUT2D eigenvalue weighted by Gasteiger charge is -2.29. The molecule has 1 rings (SSSR count). The molecule has 0 aliphatic heterocycles. The SMILES string of the molecule is C=CCOC(=O)NC(CC1CCC(F)(F)CC1)C(=O)O. The highest BCUT2D eigenvalue weighted by molar-refractivity contribution is 5.79. The van der Waals surface area contributed by atoms with Crippen LogP contribution < -0.4 is 5.32 Å². The lowest BCUT2D eigenvalue weighted by atomic mass is 9.83. The molecular formula is C13H19F2NO4. The molecule has 1 aliphatic rings. The average molecular weight is 291 g/mol. The van der Waals surface area contributed by atoms with Gasteiger partial charge in [-0.2, -0.15) is 0 Å². The van der Waals surface area contributed by atoms with Gasteiger partial charge < -0.3 is 15.2 Å². The molecule has 1 unspecified atom stereocenters. The van der Waals surface area contributed by atoms with E-state index in [9.17, 15) is 18.4 Å². The van der Waals surface area contributed by atoms with Gasteiger partial charge >= 0.3 is 12.1 Å². The third-order valence-electron chi connectivity index (χ3n) is 3.33. The molecule has 1 fully saturated rings. The zero-order valence-electron chi connectivity index (χ0n) is 11.1. The third-order valence-corrected chi connectivity index (χ3v) is 3.33. The van der Waals surface area contributed by atoms with Crippen LogP contribution in [0.15, 0.2) is 12.7 Å². The molecule has 0 aromatic rings.